The maximum atomic E-state index is 11.9. The lowest BCUT2D eigenvalue weighted by molar-refractivity contribution is -0.117. The molecule has 0 aromatic heterocycles. The molecule has 0 fully saturated rings. The Morgan fingerprint density at radius 2 is 2.11 bits per heavy atom. The van der Waals surface area contributed by atoms with Gasteiger partial charge in [-0.15, -0.1) is 0 Å². The van der Waals surface area contributed by atoms with Crippen LogP contribution in [0.5, 0.6) is 0 Å². The van der Waals surface area contributed by atoms with Gasteiger partial charge >= 0.3 is 0 Å². The van der Waals surface area contributed by atoms with Gasteiger partial charge in [-0.2, -0.15) is 0 Å². The summed E-state index contributed by atoms with van der Waals surface area (Å²) in [5, 5.41) is 6.06. The number of allylic oxidation sites excluding steroid dienone is 1. The fourth-order valence-electron chi connectivity index (χ4n) is 2.06. The molecule has 0 aliphatic carbocycles. The highest BCUT2D eigenvalue weighted by atomic mass is 35.5. The Hall–Kier alpha value is -1.74. The van der Waals surface area contributed by atoms with E-state index in [9.17, 15) is 4.79 Å². The molecular weight excluding hydrogens is 248 g/mol. The SMILES string of the molecule is CNC(=O)C1=CNC(Cl)=CC1c1ccccc1C. The van der Waals surface area contributed by atoms with Gasteiger partial charge in [0.15, 0.2) is 0 Å². The molecule has 0 bridgehead atoms. The summed E-state index contributed by atoms with van der Waals surface area (Å²) in [7, 11) is 1.62. The fourth-order valence-corrected chi connectivity index (χ4v) is 2.25. The molecule has 1 atom stereocenters. The normalized spacial score (nSPS) is 18.5. The molecule has 94 valence electrons. The van der Waals surface area contributed by atoms with Crippen LogP contribution in [0, 0.1) is 6.92 Å². The standard InChI is InChI=1S/C14H15ClN2O/c1-9-5-3-4-6-10(9)11-7-13(15)17-8-12(11)14(18)16-2/h3-8,11,17H,1-2H3,(H,16,18). The van der Waals surface area contributed by atoms with Gasteiger partial charge in [0, 0.05) is 24.7 Å². The smallest absolute Gasteiger partial charge is 0.249 e. The van der Waals surface area contributed by atoms with Gasteiger partial charge in [-0.1, -0.05) is 35.9 Å². The zero-order chi connectivity index (χ0) is 13.1. The summed E-state index contributed by atoms with van der Waals surface area (Å²) < 4.78 is 0. The molecule has 0 saturated heterocycles. The van der Waals surface area contributed by atoms with Gasteiger partial charge in [-0.25, -0.2) is 0 Å². The number of benzene rings is 1. The first kappa shape index (κ1) is 12.7. The Morgan fingerprint density at radius 3 is 2.78 bits per heavy atom. The summed E-state index contributed by atoms with van der Waals surface area (Å²) in [6.07, 6.45) is 3.52. The van der Waals surface area contributed by atoms with Crippen molar-refractivity contribution in [3.63, 3.8) is 0 Å². The number of carbonyl (C=O) groups is 1. The number of amides is 1. The molecule has 2 rings (SSSR count). The van der Waals surface area contributed by atoms with Crippen LogP contribution in [0.4, 0.5) is 0 Å². The average molecular weight is 263 g/mol. The molecule has 1 aliphatic rings. The van der Waals surface area contributed by atoms with Gasteiger partial charge in [0.2, 0.25) is 5.91 Å². The number of dihydropyridines is 1. The summed E-state index contributed by atoms with van der Waals surface area (Å²) >= 11 is 6.00. The third-order valence-corrected chi connectivity index (χ3v) is 3.26. The molecule has 4 heteroatoms. The van der Waals surface area contributed by atoms with Crippen molar-refractivity contribution in [2.75, 3.05) is 7.05 Å². The number of likely N-dealkylation sites (N-methyl/N-ethyl adjacent to an activating group) is 1. The number of carbonyl (C=O) groups excluding carboxylic acids is 1. The van der Waals surface area contributed by atoms with Crippen molar-refractivity contribution in [2.45, 2.75) is 12.8 Å². The van der Waals surface area contributed by atoms with Crippen molar-refractivity contribution in [2.24, 2.45) is 0 Å². The number of aryl methyl sites for hydroxylation is 1. The second-order valence-electron chi connectivity index (χ2n) is 4.17. The molecule has 1 heterocycles. The Morgan fingerprint density at radius 1 is 1.39 bits per heavy atom. The van der Waals surface area contributed by atoms with E-state index in [1.165, 1.54) is 0 Å². The zero-order valence-electron chi connectivity index (χ0n) is 10.3. The summed E-state index contributed by atoms with van der Waals surface area (Å²) in [5.74, 6) is -0.212. The number of rotatable bonds is 2. The van der Waals surface area contributed by atoms with Gasteiger partial charge < -0.3 is 10.6 Å². The van der Waals surface area contributed by atoms with Crippen LogP contribution in [0.25, 0.3) is 0 Å². The van der Waals surface area contributed by atoms with E-state index in [4.69, 9.17) is 11.6 Å². The summed E-state index contributed by atoms with van der Waals surface area (Å²) in [6, 6.07) is 7.99. The molecular formula is C14H15ClN2O. The van der Waals surface area contributed by atoms with E-state index in [2.05, 4.69) is 10.6 Å². The Bertz CT molecular complexity index is 534. The van der Waals surface area contributed by atoms with E-state index in [0.29, 0.717) is 10.7 Å². The van der Waals surface area contributed by atoms with Crippen molar-refractivity contribution in [1.82, 2.24) is 10.6 Å². The van der Waals surface area contributed by atoms with Gasteiger partial charge in [0.05, 0.1) is 0 Å². The first-order valence-electron chi connectivity index (χ1n) is 5.75. The quantitative estimate of drug-likeness (QED) is 0.804. The lowest BCUT2D eigenvalue weighted by Gasteiger charge is -2.22. The van der Waals surface area contributed by atoms with Crippen molar-refractivity contribution in [3.05, 3.63) is 58.4 Å². The monoisotopic (exact) mass is 262 g/mol. The molecule has 3 nitrogen and oxygen atoms in total. The van der Waals surface area contributed by atoms with Crippen LogP contribution in [0.2, 0.25) is 0 Å². The van der Waals surface area contributed by atoms with Gasteiger partial charge in [0.25, 0.3) is 0 Å². The molecule has 0 spiro atoms. The van der Waals surface area contributed by atoms with Crippen LogP contribution in [0.15, 0.2) is 47.3 Å². The molecule has 0 saturated carbocycles. The molecule has 1 amide bonds. The second-order valence-corrected chi connectivity index (χ2v) is 4.58. The third-order valence-electron chi connectivity index (χ3n) is 3.03. The Balaban J connectivity index is 2.45. The van der Waals surface area contributed by atoms with E-state index >= 15 is 0 Å². The van der Waals surface area contributed by atoms with Crippen molar-refractivity contribution >= 4 is 17.5 Å². The van der Waals surface area contributed by atoms with Crippen LogP contribution < -0.4 is 10.6 Å². The van der Waals surface area contributed by atoms with Crippen LogP contribution >= 0.6 is 11.6 Å². The van der Waals surface area contributed by atoms with Crippen LogP contribution in [0.3, 0.4) is 0 Å². The molecule has 1 aliphatic heterocycles. The molecule has 1 unspecified atom stereocenters. The highest BCUT2D eigenvalue weighted by molar-refractivity contribution is 6.29. The van der Waals surface area contributed by atoms with Crippen LogP contribution in [0.1, 0.15) is 17.0 Å². The van der Waals surface area contributed by atoms with Gasteiger partial charge in [-0.3, -0.25) is 4.79 Å². The average Bonchev–Trinajstić information content (AvgIpc) is 2.38. The van der Waals surface area contributed by atoms with E-state index in [1.54, 1.807) is 13.2 Å². The fraction of sp³-hybridized carbons (Fsp3) is 0.214. The van der Waals surface area contributed by atoms with Gasteiger partial charge in [0.1, 0.15) is 5.16 Å². The van der Waals surface area contributed by atoms with E-state index in [0.717, 1.165) is 11.1 Å². The van der Waals surface area contributed by atoms with E-state index in [-0.39, 0.29) is 11.8 Å². The summed E-state index contributed by atoms with van der Waals surface area (Å²) in [5.41, 5.74) is 2.89. The minimum atomic E-state index is -0.111. The second kappa shape index (κ2) is 5.27. The largest absolute Gasteiger partial charge is 0.355 e. The topological polar surface area (TPSA) is 41.1 Å². The number of nitrogens with one attached hydrogen (secondary N) is 2. The lowest BCUT2D eigenvalue weighted by atomic mass is 9.87. The first-order chi connectivity index (χ1) is 8.63. The highest BCUT2D eigenvalue weighted by Gasteiger charge is 2.24. The van der Waals surface area contributed by atoms with Crippen molar-refractivity contribution in [3.8, 4) is 0 Å². The first-order valence-corrected chi connectivity index (χ1v) is 6.13. The van der Waals surface area contributed by atoms with E-state index in [1.807, 2.05) is 37.3 Å². The van der Waals surface area contributed by atoms with Gasteiger partial charge in [-0.05, 0) is 24.1 Å². The molecule has 1 aromatic carbocycles. The summed E-state index contributed by atoms with van der Waals surface area (Å²) in [6.45, 7) is 2.03. The Kier molecular flexibility index (Phi) is 3.72. The van der Waals surface area contributed by atoms with Crippen LogP contribution in [-0.4, -0.2) is 13.0 Å². The maximum Gasteiger partial charge on any atom is 0.249 e. The maximum absolute atomic E-state index is 11.9. The minimum absolute atomic E-state index is 0.101. The summed E-state index contributed by atoms with van der Waals surface area (Å²) in [4.78, 5) is 11.9. The number of hydrogen-bond acceptors (Lipinski definition) is 2. The van der Waals surface area contributed by atoms with E-state index < -0.39 is 0 Å². The minimum Gasteiger partial charge on any atom is -0.355 e. The predicted molar refractivity (Wildman–Crippen MR) is 73.1 cm³/mol. The molecule has 1 aromatic rings. The molecule has 2 N–H and O–H groups in total. The number of halogens is 1. The van der Waals surface area contributed by atoms with Crippen LogP contribution in [-0.2, 0) is 4.79 Å². The molecule has 0 radical (unpaired) electrons. The molecule has 18 heavy (non-hydrogen) atoms. The number of hydrogen-bond donors (Lipinski definition) is 2. The van der Waals surface area contributed by atoms with Crippen molar-refractivity contribution in [1.29, 1.82) is 0 Å². The lowest BCUT2D eigenvalue weighted by Crippen LogP contribution is -2.27. The third kappa shape index (κ3) is 2.41. The Labute approximate surface area is 112 Å². The van der Waals surface area contributed by atoms with Crippen molar-refractivity contribution < 1.29 is 4.79 Å². The predicted octanol–water partition coefficient (Wildman–Crippen LogP) is 2.39. The highest BCUT2D eigenvalue weighted by Crippen LogP contribution is 2.31. The zero-order valence-corrected chi connectivity index (χ0v) is 11.1.